The topological polar surface area (TPSA) is 7.76 Å². The lowest BCUT2D eigenvalue weighted by Gasteiger charge is -2.03. The van der Waals surface area contributed by atoms with Gasteiger partial charge < -0.3 is 34.0 Å². The fourth-order valence-corrected chi connectivity index (χ4v) is 3.85. The Morgan fingerprint density at radius 2 is 0.812 bits per heavy atom. The molecule has 2 heterocycles. The van der Waals surface area contributed by atoms with Gasteiger partial charge in [-0.05, 0) is 36.8 Å². The van der Waals surface area contributed by atoms with E-state index in [9.17, 15) is 0 Å². The van der Waals surface area contributed by atoms with E-state index >= 15 is 0 Å². The number of aryl methyl sites for hydroxylation is 2. The molecule has 0 fully saturated rings. The number of benzene rings is 1. The molecule has 3 aromatic rings. The normalized spacial score (nSPS) is 10.3. The fourth-order valence-electron chi connectivity index (χ4n) is 3.85. The second-order valence-corrected chi connectivity index (χ2v) is 8.49. The Labute approximate surface area is 216 Å². The summed E-state index contributed by atoms with van der Waals surface area (Å²) in [6.45, 7) is 6.37. The van der Waals surface area contributed by atoms with Crippen molar-refractivity contribution in [2.45, 2.75) is 78.3 Å². The second-order valence-electron chi connectivity index (χ2n) is 8.49. The van der Waals surface area contributed by atoms with Gasteiger partial charge in [0.1, 0.15) is 0 Å². The van der Waals surface area contributed by atoms with Crippen LogP contribution in [0.5, 0.6) is 0 Å². The summed E-state index contributed by atoms with van der Waals surface area (Å²) in [6, 6.07) is 18.1. The van der Waals surface area contributed by atoms with Crippen molar-refractivity contribution in [2.75, 3.05) is 0 Å². The van der Waals surface area contributed by atoms with E-state index in [0.29, 0.717) is 0 Å². The smallest absolute Gasteiger partial charge is 0.173 e. The molecule has 0 aliphatic heterocycles. The zero-order valence-corrected chi connectivity index (χ0v) is 22.8. The molecule has 0 amide bonds. The van der Waals surface area contributed by atoms with Crippen molar-refractivity contribution in [1.82, 2.24) is 0 Å². The number of rotatable bonds is 12. The van der Waals surface area contributed by atoms with Crippen LogP contribution in [0.25, 0.3) is 0 Å². The number of nitrogens with zero attached hydrogens (tertiary/aromatic N) is 2. The minimum absolute atomic E-state index is 0. The second kappa shape index (κ2) is 16.1. The molecule has 0 aliphatic rings. The molecule has 2 nitrogen and oxygen atoms in total. The number of hydrogen-bond acceptors (Lipinski definition) is 0. The first kappa shape index (κ1) is 28.5. The van der Waals surface area contributed by atoms with E-state index in [1.807, 2.05) is 0 Å². The molecule has 0 N–H and O–H groups in total. The zero-order valence-electron chi connectivity index (χ0n) is 19.6. The summed E-state index contributed by atoms with van der Waals surface area (Å²) >= 11 is 0. The maximum absolute atomic E-state index is 2.27. The Morgan fingerprint density at radius 1 is 0.469 bits per heavy atom. The number of halogens is 2. The van der Waals surface area contributed by atoms with E-state index in [-0.39, 0.29) is 34.0 Å². The van der Waals surface area contributed by atoms with Crippen LogP contribution in [-0.2, 0) is 25.9 Å². The molecule has 0 atom stereocenters. The molecule has 3 rings (SSSR count). The lowest BCUT2D eigenvalue weighted by atomic mass is 10.1. The van der Waals surface area contributed by atoms with Crippen LogP contribution in [0, 0.1) is 0 Å². The SMILES string of the molecule is CCCCCc1cc[n+](Cc2ccc(C[n+]3ccc(CCCCC)cc3)cc2)cc1.[Br-].[Br-]. The van der Waals surface area contributed by atoms with Crippen LogP contribution in [0.4, 0.5) is 0 Å². The minimum atomic E-state index is 0. The summed E-state index contributed by atoms with van der Waals surface area (Å²) in [4.78, 5) is 0. The van der Waals surface area contributed by atoms with Gasteiger partial charge in [0.05, 0.1) is 0 Å². The molecular formula is C28H38Br2N2. The third kappa shape index (κ3) is 9.95. The van der Waals surface area contributed by atoms with Gasteiger partial charge in [0.15, 0.2) is 37.9 Å². The highest BCUT2D eigenvalue weighted by atomic mass is 79.9. The molecule has 0 aliphatic carbocycles. The van der Waals surface area contributed by atoms with Crippen molar-refractivity contribution in [3.05, 3.63) is 95.6 Å². The average Bonchev–Trinajstić information content (AvgIpc) is 2.78. The Morgan fingerprint density at radius 3 is 1.12 bits per heavy atom. The van der Waals surface area contributed by atoms with Crippen LogP contribution >= 0.6 is 0 Å². The van der Waals surface area contributed by atoms with E-state index in [1.54, 1.807) is 0 Å². The van der Waals surface area contributed by atoms with Crippen LogP contribution in [0.3, 0.4) is 0 Å². The van der Waals surface area contributed by atoms with Crippen molar-refractivity contribution in [2.24, 2.45) is 0 Å². The third-order valence-corrected chi connectivity index (χ3v) is 5.81. The van der Waals surface area contributed by atoms with E-state index < -0.39 is 0 Å². The lowest BCUT2D eigenvalue weighted by Crippen LogP contribution is -3.00. The predicted molar refractivity (Wildman–Crippen MR) is 124 cm³/mol. The van der Waals surface area contributed by atoms with Gasteiger partial charge in [-0.3, -0.25) is 0 Å². The van der Waals surface area contributed by atoms with E-state index in [1.165, 1.54) is 73.6 Å². The van der Waals surface area contributed by atoms with E-state index in [2.05, 4.69) is 96.3 Å². The number of aromatic nitrogens is 2. The Balaban J connectivity index is 0.00000256. The standard InChI is InChI=1S/C28H38N2.2BrH/c1-3-5-7-9-25-15-19-29(20-16-25)23-27-11-13-28(14-12-27)24-30-21-17-26(18-22-30)10-8-6-4-2;;/h11-22H,3-10,23-24H2,1-2H3;2*1H/q+2;;/p-2. The molecule has 1 aromatic carbocycles. The van der Waals surface area contributed by atoms with Gasteiger partial charge in [0.2, 0.25) is 0 Å². The van der Waals surface area contributed by atoms with Gasteiger partial charge in [0, 0.05) is 35.4 Å². The number of pyridine rings is 2. The van der Waals surface area contributed by atoms with Crippen molar-refractivity contribution >= 4 is 0 Å². The molecule has 32 heavy (non-hydrogen) atoms. The number of unbranched alkanes of at least 4 members (excludes halogenated alkanes) is 4. The Kier molecular flexibility index (Phi) is 14.4. The fraction of sp³-hybridized carbons (Fsp3) is 0.429. The lowest BCUT2D eigenvalue weighted by molar-refractivity contribution is -0.689. The van der Waals surface area contributed by atoms with Gasteiger partial charge in [0.25, 0.3) is 0 Å². The summed E-state index contributed by atoms with van der Waals surface area (Å²) < 4.78 is 4.54. The van der Waals surface area contributed by atoms with Crippen LogP contribution < -0.4 is 43.1 Å². The average molecular weight is 562 g/mol. The molecule has 0 saturated carbocycles. The first-order valence-electron chi connectivity index (χ1n) is 11.8. The van der Waals surface area contributed by atoms with Crippen molar-refractivity contribution in [3.63, 3.8) is 0 Å². The quantitative estimate of drug-likeness (QED) is 0.214. The largest absolute Gasteiger partial charge is 1.00 e. The summed E-state index contributed by atoms with van der Waals surface area (Å²) in [5, 5.41) is 0. The maximum Gasteiger partial charge on any atom is 0.173 e. The monoisotopic (exact) mass is 560 g/mol. The van der Waals surface area contributed by atoms with E-state index in [0.717, 1.165) is 13.1 Å². The molecule has 0 saturated heterocycles. The minimum Gasteiger partial charge on any atom is -1.00 e. The van der Waals surface area contributed by atoms with E-state index in [4.69, 9.17) is 0 Å². The summed E-state index contributed by atoms with van der Waals surface area (Å²) in [7, 11) is 0. The third-order valence-electron chi connectivity index (χ3n) is 5.81. The Hall–Kier alpha value is -1.52. The van der Waals surface area contributed by atoms with Crippen LogP contribution in [0.1, 0.15) is 74.6 Å². The highest BCUT2D eigenvalue weighted by Gasteiger charge is 2.06. The Bertz CT molecular complexity index is 785. The molecule has 0 bridgehead atoms. The first-order chi connectivity index (χ1) is 14.8. The number of hydrogen-bond donors (Lipinski definition) is 0. The van der Waals surface area contributed by atoms with Gasteiger partial charge in [-0.1, -0.05) is 63.8 Å². The van der Waals surface area contributed by atoms with Crippen molar-refractivity contribution < 1.29 is 43.1 Å². The first-order valence-corrected chi connectivity index (χ1v) is 11.8. The predicted octanol–water partition coefficient (Wildman–Crippen LogP) is -0.168. The molecule has 0 radical (unpaired) electrons. The molecule has 4 heteroatoms. The summed E-state index contributed by atoms with van der Waals surface area (Å²) in [6.07, 6.45) is 19.0. The maximum atomic E-state index is 2.27. The van der Waals surface area contributed by atoms with Crippen molar-refractivity contribution in [1.29, 1.82) is 0 Å². The highest BCUT2D eigenvalue weighted by molar-refractivity contribution is 5.21. The van der Waals surface area contributed by atoms with Crippen molar-refractivity contribution in [3.8, 4) is 0 Å². The van der Waals surface area contributed by atoms with Crippen LogP contribution in [0.15, 0.2) is 73.3 Å². The summed E-state index contributed by atoms with van der Waals surface area (Å²) in [5.41, 5.74) is 5.59. The molecule has 0 spiro atoms. The van der Waals surface area contributed by atoms with Gasteiger partial charge >= 0.3 is 0 Å². The van der Waals surface area contributed by atoms with Crippen LogP contribution in [0.2, 0.25) is 0 Å². The highest BCUT2D eigenvalue weighted by Crippen LogP contribution is 2.08. The molecule has 2 aromatic heterocycles. The van der Waals surface area contributed by atoms with Gasteiger partial charge in [-0.2, -0.15) is 0 Å². The molecule has 174 valence electrons. The van der Waals surface area contributed by atoms with Crippen LogP contribution in [-0.4, -0.2) is 0 Å². The van der Waals surface area contributed by atoms with Gasteiger partial charge in [-0.15, -0.1) is 0 Å². The van der Waals surface area contributed by atoms with Gasteiger partial charge in [-0.25, -0.2) is 9.13 Å². The molecule has 0 unspecified atom stereocenters. The molecular weight excluding hydrogens is 524 g/mol. The zero-order chi connectivity index (χ0) is 21.0. The summed E-state index contributed by atoms with van der Waals surface area (Å²) in [5.74, 6) is 0.